The highest BCUT2D eigenvalue weighted by Crippen LogP contribution is 2.38. The van der Waals surface area contributed by atoms with Gasteiger partial charge < -0.3 is 9.84 Å². The minimum absolute atomic E-state index is 0.133. The van der Waals surface area contributed by atoms with Crippen LogP contribution in [0.1, 0.15) is 31.4 Å². The Morgan fingerprint density at radius 1 is 1.45 bits per heavy atom. The predicted octanol–water partition coefficient (Wildman–Crippen LogP) is 2.56. The number of carboxylic acids is 1. The number of carbonyl (C=O) groups is 1. The number of hydrogen-bond donors (Lipinski definition) is 1. The SMILES string of the molecule is CCC1(C(=O)O)CCN(C(COC)c2ccccc2)C1. The zero-order valence-electron chi connectivity index (χ0n) is 12.2. The van der Waals surface area contributed by atoms with Crippen molar-refractivity contribution >= 4 is 5.97 Å². The lowest BCUT2D eigenvalue weighted by Crippen LogP contribution is -2.36. The first-order valence-corrected chi connectivity index (χ1v) is 7.14. The molecule has 1 fully saturated rings. The first-order chi connectivity index (χ1) is 9.63. The smallest absolute Gasteiger partial charge is 0.310 e. The van der Waals surface area contributed by atoms with Crippen LogP contribution in [0.5, 0.6) is 0 Å². The number of hydrogen-bond acceptors (Lipinski definition) is 3. The van der Waals surface area contributed by atoms with Crippen LogP contribution in [0, 0.1) is 5.41 Å². The predicted molar refractivity (Wildman–Crippen MR) is 77.6 cm³/mol. The first-order valence-electron chi connectivity index (χ1n) is 7.14. The van der Waals surface area contributed by atoms with Crippen molar-refractivity contribution in [1.29, 1.82) is 0 Å². The topological polar surface area (TPSA) is 49.8 Å². The number of rotatable bonds is 6. The van der Waals surface area contributed by atoms with Gasteiger partial charge in [0.05, 0.1) is 18.1 Å². The van der Waals surface area contributed by atoms with Crippen LogP contribution in [0.15, 0.2) is 30.3 Å². The van der Waals surface area contributed by atoms with E-state index in [1.54, 1.807) is 7.11 Å². The van der Waals surface area contributed by atoms with E-state index in [0.29, 0.717) is 26.0 Å². The molecule has 1 aliphatic rings. The summed E-state index contributed by atoms with van der Waals surface area (Å²) in [5.41, 5.74) is 0.590. The van der Waals surface area contributed by atoms with Crippen LogP contribution in [0.25, 0.3) is 0 Å². The van der Waals surface area contributed by atoms with Gasteiger partial charge in [-0.15, -0.1) is 0 Å². The zero-order valence-corrected chi connectivity index (χ0v) is 12.2. The number of benzene rings is 1. The second-order valence-electron chi connectivity index (χ2n) is 5.54. The Hall–Kier alpha value is -1.39. The fraction of sp³-hybridized carbons (Fsp3) is 0.562. The molecule has 1 saturated heterocycles. The number of carboxylic acid groups (broad SMARTS) is 1. The summed E-state index contributed by atoms with van der Waals surface area (Å²) in [6.07, 6.45) is 1.39. The minimum Gasteiger partial charge on any atom is -0.481 e. The van der Waals surface area contributed by atoms with E-state index in [1.807, 2.05) is 25.1 Å². The standard InChI is InChI=1S/C16H23NO3/c1-3-16(15(18)19)9-10-17(12-16)14(11-20-2)13-7-5-4-6-8-13/h4-8,14H,3,9-12H2,1-2H3,(H,18,19). The summed E-state index contributed by atoms with van der Waals surface area (Å²) in [5.74, 6) is -0.674. The number of ether oxygens (including phenoxy) is 1. The lowest BCUT2D eigenvalue weighted by Gasteiger charge is -2.29. The summed E-state index contributed by atoms with van der Waals surface area (Å²) in [4.78, 5) is 13.8. The summed E-state index contributed by atoms with van der Waals surface area (Å²) >= 11 is 0. The maximum Gasteiger partial charge on any atom is 0.310 e. The monoisotopic (exact) mass is 277 g/mol. The third-order valence-electron chi connectivity index (χ3n) is 4.46. The molecule has 1 aliphatic heterocycles. The molecule has 2 atom stereocenters. The van der Waals surface area contributed by atoms with Gasteiger partial charge in [-0.3, -0.25) is 9.69 Å². The van der Waals surface area contributed by atoms with E-state index < -0.39 is 11.4 Å². The molecule has 0 radical (unpaired) electrons. The highest BCUT2D eigenvalue weighted by atomic mass is 16.5. The van der Waals surface area contributed by atoms with Crippen molar-refractivity contribution in [1.82, 2.24) is 4.90 Å². The summed E-state index contributed by atoms with van der Waals surface area (Å²) < 4.78 is 5.34. The van der Waals surface area contributed by atoms with Crippen molar-refractivity contribution in [2.75, 3.05) is 26.8 Å². The van der Waals surface area contributed by atoms with Gasteiger partial charge in [0.25, 0.3) is 0 Å². The van der Waals surface area contributed by atoms with E-state index >= 15 is 0 Å². The second-order valence-corrected chi connectivity index (χ2v) is 5.54. The van der Waals surface area contributed by atoms with Crippen molar-refractivity contribution in [2.24, 2.45) is 5.41 Å². The molecule has 0 amide bonds. The molecule has 0 spiro atoms. The molecule has 110 valence electrons. The molecule has 2 unspecified atom stereocenters. The van der Waals surface area contributed by atoms with Gasteiger partial charge in [-0.1, -0.05) is 37.3 Å². The molecular formula is C16H23NO3. The van der Waals surface area contributed by atoms with E-state index in [1.165, 1.54) is 5.56 Å². The van der Waals surface area contributed by atoms with E-state index in [0.717, 1.165) is 6.54 Å². The van der Waals surface area contributed by atoms with Crippen LogP contribution in [0.2, 0.25) is 0 Å². The third kappa shape index (κ3) is 2.86. The molecule has 4 heteroatoms. The Kier molecular flexibility index (Phi) is 4.78. The van der Waals surface area contributed by atoms with Crippen LogP contribution >= 0.6 is 0 Å². The normalized spacial score (nSPS) is 24.7. The molecule has 1 N–H and O–H groups in total. The minimum atomic E-state index is -0.674. The fourth-order valence-corrected chi connectivity index (χ4v) is 3.03. The van der Waals surface area contributed by atoms with Crippen molar-refractivity contribution in [3.63, 3.8) is 0 Å². The number of aliphatic carboxylic acids is 1. The van der Waals surface area contributed by atoms with Crippen molar-refractivity contribution in [3.8, 4) is 0 Å². The average Bonchev–Trinajstić information content (AvgIpc) is 2.91. The molecule has 20 heavy (non-hydrogen) atoms. The quantitative estimate of drug-likeness (QED) is 0.868. The molecule has 4 nitrogen and oxygen atoms in total. The molecule has 2 rings (SSSR count). The molecule has 1 aromatic rings. The van der Waals surface area contributed by atoms with E-state index in [4.69, 9.17) is 4.74 Å². The maximum atomic E-state index is 11.6. The Morgan fingerprint density at radius 3 is 2.65 bits per heavy atom. The molecule has 1 aromatic carbocycles. The molecule has 0 aromatic heterocycles. The average molecular weight is 277 g/mol. The van der Waals surface area contributed by atoms with Gasteiger partial charge in [-0.05, 0) is 18.4 Å². The lowest BCUT2D eigenvalue weighted by molar-refractivity contribution is -0.148. The van der Waals surface area contributed by atoms with Crippen molar-refractivity contribution in [2.45, 2.75) is 25.8 Å². The van der Waals surface area contributed by atoms with Crippen molar-refractivity contribution < 1.29 is 14.6 Å². The van der Waals surface area contributed by atoms with E-state index in [2.05, 4.69) is 17.0 Å². The first kappa shape index (κ1) is 15.0. The molecule has 1 heterocycles. The van der Waals surface area contributed by atoms with E-state index in [9.17, 15) is 9.90 Å². The summed E-state index contributed by atoms with van der Waals surface area (Å²) in [5, 5.41) is 9.51. The summed E-state index contributed by atoms with van der Waals surface area (Å²) in [7, 11) is 1.69. The Morgan fingerprint density at radius 2 is 2.15 bits per heavy atom. The van der Waals surface area contributed by atoms with Gasteiger partial charge in [-0.25, -0.2) is 0 Å². The highest BCUT2D eigenvalue weighted by molar-refractivity contribution is 5.75. The largest absolute Gasteiger partial charge is 0.481 e. The van der Waals surface area contributed by atoms with Gasteiger partial charge in [0.15, 0.2) is 0 Å². The second kappa shape index (κ2) is 6.37. The van der Waals surface area contributed by atoms with Crippen LogP contribution in [0.4, 0.5) is 0 Å². The fourth-order valence-electron chi connectivity index (χ4n) is 3.03. The van der Waals surface area contributed by atoms with E-state index in [-0.39, 0.29) is 6.04 Å². The Balaban J connectivity index is 2.18. The number of methoxy groups -OCH3 is 1. The van der Waals surface area contributed by atoms with Gasteiger partial charge in [0.2, 0.25) is 0 Å². The summed E-state index contributed by atoms with van der Waals surface area (Å²) in [6.45, 7) is 3.96. The lowest BCUT2D eigenvalue weighted by atomic mass is 9.84. The molecule has 0 bridgehead atoms. The molecule has 0 saturated carbocycles. The maximum absolute atomic E-state index is 11.6. The van der Waals surface area contributed by atoms with Crippen molar-refractivity contribution in [3.05, 3.63) is 35.9 Å². The number of likely N-dealkylation sites (tertiary alicyclic amines) is 1. The Bertz CT molecular complexity index is 448. The third-order valence-corrected chi connectivity index (χ3v) is 4.46. The molecular weight excluding hydrogens is 254 g/mol. The molecule has 0 aliphatic carbocycles. The Labute approximate surface area is 120 Å². The van der Waals surface area contributed by atoms with Crippen LogP contribution < -0.4 is 0 Å². The van der Waals surface area contributed by atoms with Gasteiger partial charge in [-0.2, -0.15) is 0 Å². The van der Waals surface area contributed by atoms with Gasteiger partial charge in [0.1, 0.15) is 0 Å². The summed E-state index contributed by atoms with van der Waals surface area (Å²) in [6, 6.07) is 10.3. The van der Waals surface area contributed by atoms with Crippen LogP contribution in [0.3, 0.4) is 0 Å². The highest BCUT2D eigenvalue weighted by Gasteiger charge is 2.45. The number of nitrogens with zero attached hydrogens (tertiary/aromatic N) is 1. The van der Waals surface area contributed by atoms with Gasteiger partial charge >= 0.3 is 5.97 Å². The zero-order chi connectivity index (χ0) is 14.6. The van der Waals surface area contributed by atoms with Crippen LogP contribution in [-0.4, -0.2) is 42.8 Å². The van der Waals surface area contributed by atoms with Gasteiger partial charge in [0, 0.05) is 20.2 Å². The van der Waals surface area contributed by atoms with Crippen LogP contribution in [-0.2, 0) is 9.53 Å².